The van der Waals surface area contributed by atoms with E-state index in [4.69, 9.17) is 9.72 Å². The van der Waals surface area contributed by atoms with Gasteiger partial charge in [-0.3, -0.25) is 4.57 Å². The van der Waals surface area contributed by atoms with Crippen molar-refractivity contribution in [2.75, 3.05) is 0 Å². The van der Waals surface area contributed by atoms with Crippen molar-refractivity contribution in [3.63, 3.8) is 0 Å². The quantitative estimate of drug-likeness (QED) is 0.114. The maximum absolute atomic E-state index is 15.4. The molecule has 404 valence electrons. The van der Waals surface area contributed by atoms with Gasteiger partial charge in [0.1, 0.15) is 29.0 Å². The van der Waals surface area contributed by atoms with E-state index in [0.717, 1.165) is 101 Å². The molecule has 3 heterocycles. The van der Waals surface area contributed by atoms with Crippen LogP contribution < -0.4 is 13.9 Å². The zero-order valence-electron chi connectivity index (χ0n) is 47.6. The van der Waals surface area contributed by atoms with Crippen LogP contribution in [0.15, 0.2) is 237 Å². The van der Waals surface area contributed by atoms with E-state index >= 15 is 8.78 Å². The van der Waals surface area contributed by atoms with Crippen molar-refractivity contribution in [1.29, 1.82) is 0 Å². The molecule has 0 spiro atoms. The molecule has 1 aliphatic rings. The second-order valence-corrected chi connectivity index (χ2v) is 23.4. The Morgan fingerprint density at radius 3 is 1.63 bits per heavy atom. The number of hydrogen-bond donors (Lipinski definition) is 0. The minimum atomic E-state index is -0.653. The molecule has 1 aliphatic heterocycles. The van der Waals surface area contributed by atoms with Gasteiger partial charge >= 0.3 is 6.01 Å². The number of para-hydroxylation sites is 4. The fourth-order valence-corrected chi connectivity index (χ4v) is 11.6. The van der Waals surface area contributed by atoms with Gasteiger partial charge in [0.25, 0.3) is 11.4 Å². The summed E-state index contributed by atoms with van der Waals surface area (Å²) < 4.78 is 44.5. The molecule has 0 bridgehead atoms. The SMILES string of the molecule is CC(C)c1cc(-c2cccc(-c3cc(F)cc(F)c3)c2[N+]2=C=[N+](c3cc(Oc4ccc5c6ccccc6n(-c6cc(C(C)(C)C)ccn6)c5c4)cc(-c4cc(-c5ccccc5)cc(-c5ccccc5)c4)c3)c3ccccc32)cc(C(C)C)c1. The molecule has 0 atom stereocenters. The maximum atomic E-state index is 15.4. The van der Waals surface area contributed by atoms with E-state index in [0.29, 0.717) is 22.6 Å². The highest BCUT2D eigenvalue weighted by Gasteiger charge is 2.40. The van der Waals surface area contributed by atoms with Gasteiger partial charge in [0.05, 0.1) is 28.2 Å². The number of nitrogens with zero attached hydrogens (tertiary/aromatic N) is 4. The first-order valence-corrected chi connectivity index (χ1v) is 28.5. The van der Waals surface area contributed by atoms with Gasteiger partial charge in [0.15, 0.2) is 0 Å². The lowest BCUT2D eigenvalue weighted by Gasteiger charge is -2.20. The third-order valence-corrected chi connectivity index (χ3v) is 16.0. The van der Waals surface area contributed by atoms with Crippen molar-refractivity contribution in [1.82, 2.24) is 18.7 Å². The van der Waals surface area contributed by atoms with Crippen LogP contribution in [0.1, 0.15) is 77.0 Å². The predicted molar refractivity (Wildman–Crippen MR) is 340 cm³/mol. The molecule has 83 heavy (non-hydrogen) atoms. The lowest BCUT2D eigenvalue weighted by molar-refractivity contribution is 0.483. The van der Waals surface area contributed by atoms with Crippen molar-refractivity contribution in [2.24, 2.45) is 0 Å². The number of fused-ring (bicyclic) bond motifs is 4. The fourth-order valence-electron chi connectivity index (χ4n) is 11.6. The molecule has 7 heteroatoms. The zero-order chi connectivity index (χ0) is 57.1. The summed E-state index contributed by atoms with van der Waals surface area (Å²) in [5.41, 5.74) is 18.0. The lowest BCUT2D eigenvalue weighted by atomic mass is 9.88. The summed E-state index contributed by atoms with van der Waals surface area (Å²) >= 11 is 0. The average molecular weight is 1090 g/mol. The molecule has 13 rings (SSSR count). The minimum Gasteiger partial charge on any atom is -0.457 e. The monoisotopic (exact) mass is 1080 g/mol. The number of hydrogen-bond acceptors (Lipinski definition) is 2. The molecule has 10 aromatic carbocycles. The third-order valence-electron chi connectivity index (χ3n) is 16.0. The van der Waals surface area contributed by atoms with E-state index in [2.05, 4.69) is 238 Å². The van der Waals surface area contributed by atoms with Crippen LogP contribution in [0.3, 0.4) is 0 Å². The van der Waals surface area contributed by atoms with E-state index in [-0.39, 0.29) is 17.3 Å². The van der Waals surface area contributed by atoms with E-state index in [9.17, 15) is 0 Å². The van der Waals surface area contributed by atoms with Crippen molar-refractivity contribution >= 4 is 50.6 Å². The Morgan fingerprint density at radius 1 is 0.446 bits per heavy atom. The third kappa shape index (κ3) is 10.1. The zero-order valence-corrected chi connectivity index (χ0v) is 47.6. The maximum Gasteiger partial charge on any atom is 0.503 e. The van der Waals surface area contributed by atoms with Crippen LogP contribution in [0.5, 0.6) is 11.5 Å². The Kier molecular flexibility index (Phi) is 13.5. The van der Waals surface area contributed by atoms with Gasteiger partial charge in [0, 0.05) is 47.3 Å². The second kappa shape index (κ2) is 21.3. The summed E-state index contributed by atoms with van der Waals surface area (Å²) in [6, 6.07) is 81.8. The molecule has 12 aromatic rings. The molecule has 0 radical (unpaired) electrons. The number of benzene rings is 10. The first-order valence-electron chi connectivity index (χ1n) is 28.5. The molecule has 2 aromatic heterocycles. The first kappa shape index (κ1) is 52.6. The fraction of sp³-hybridized carbons (Fsp3) is 0.132. The molecule has 0 fully saturated rings. The van der Waals surface area contributed by atoms with Gasteiger partial charge < -0.3 is 4.74 Å². The van der Waals surface area contributed by atoms with Gasteiger partial charge in [-0.1, -0.05) is 164 Å². The summed E-state index contributed by atoms with van der Waals surface area (Å²) in [4.78, 5) is 4.96. The molecule has 0 saturated heterocycles. The molecular weight excluding hydrogens is 1020 g/mol. The Labute approximate surface area is 484 Å². The number of aromatic nitrogens is 2. The van der Waals surface area contributed by atoms with Crippen molar-refractivity contribution < 1.29 is 13.5 Å². The van der Waals surface area contributed by atoms with Gasteiger partial charge in [0.2, 0.25) is 11.4 Å². The molecule has 0 aliphatic carbocycles. The van der Waals surface area contributed by atoms with Crippen molar-refractivity contribution in [3.05, 3.63) is 265 Å². The molecule has 0 N–H and O–H groups in total. The van der Waals surface area contributed by atoms with Gasteiger partial charge in [-0.15, -0.1) is 0 Å². The molecule has 0 unspecified atom stereocenters. The Balaban J connectivity index is 1.06. The highest BCUT2D eigenvalue weighted by atomic mass is 19.1. The molecular formula is C76H62F2N4O+2. The number of halogens is 2. The predicted octanol–water partition coefficient (Wildman–Crippen LogP) is 21.0. The van der Waals surface area contributed by atoms with Crippen LogP contribution in [-0.2, 0) is 5.41 Å². The van der Waals surface area contributed by atoms with Gasteiger partial charge in [-0.2, -0.15) is 0 Å². The number of ether oxygens (including phenoxy) is 1. The molecule has 5 nitrogen and oxygen atoms in total. The Bertz CT molecular complexity index is 4480. The first-order chi connectivity index (χ1) is 40.2. The Hall–Kier alpha value is -9.81. The number of pyridine rings is 1. The topological polar surface area (TPSA) is 33.1 Å². The van der Waals surface area contributed by atoms with Gasteiger partial charge in [-0.05, 0) is 166 Å². The summed E-state index contributed by atoms with van der Waals surface area (Å²) in [7, 11) is 0. The summed E-state index contributed by atoms with van der Waals surface area (Å²) in [5.74, 6) is 1.31. The highest BCUT2D eigenvalue weighted by Crippen LogP contribution is 2.47. The van der Waals surface area contributed by atoms with Crippen LogP contribution in [0, 0.1) is 11.6 Å². The molecule has 0 amide bonds. The standard InChI is InChI=1S/C76H62F2N4O/c1-48(2)52-33-53(49(3)4)35-58(34-52)66-24-18-25-67(59-39-61(77)44-62(78)40-59)75(66)81-47-80(71-27-16-17-28-72(71)81)63-41-57(56-37-54(50-19-10-8-11-20-50)36-55(38-56)51-21-12-9-13-22-51)42-65(45-63)83-64-29-30-69-68-23-14-15-26-70(68)82(73(69)46-64)74-43-60(31-32-79-74)76(5,6)7/h8-46,48-49H,1-7H3/q+2. The van der Waals surface area contributed by atoms with E-state index < -0.39 is 11.6 Å². The van der Waals surface area contributed by atoms with Crippen LogP contribution >= 0.6 is 0 Å². The summed E-state index contributed by atoms with van der Waals surface area (Å²) in [5, 5.41) is 2.21. The molecule has 0 saturated carbocycles. The van der Waals surface area contributed by atoms with E-state index in [1.807, 2.05) is 48.7 Å². The smallest absolute Gasteiger partial charge is 0.457 e. The minimum absolute atomic E-state index is 0.0823. The highest BCUT2D eigenvalue weighted by molar-refractivity contribution is 6.09. The van der Waals surface area contributed by atoms with Crippen molar-refractivity contribution in [3.8, 4) is 73.0 Å². The van der Waals surface area contributed by atoms with Gasteiger partial charge in [-0.25, -0.2) is 13.8 Å². The van der Waals surface area contributed by atoms with Crippen molar-refractivity contribution in [2.45, 2.75) is 65.7 Å². The number of rotatable bonds is 12. The lowest BCUT2D eigenvalue weighted by Crippen LogP contribution is -2.12. The van der Waals surface area contributed by atoms with Crippen LogP contribution in [0.4, 0.5) is 31.5 Å². The normalized spacial score (nSPS) is 12.3. The van der Waals surface area contributed by atoms with Crippen LogP contribution in [0.25, 0.3) is 83.3 Å². The van der Waals surface area contributed by atoms with Crippen LogP contribution in [0.2, 0.25) is 0 Å². The second-order valence-electron chi connectivity index (χ2n) is 23.4. The average Bonchev–Trinajstić information content (AvgIpc) is 2.27. The van der Waals surface area contributed by atoms with Crippen LogP contribution in [-0.4, -0.2) is 15.6 Å². The Morgan fingerprint density at radius 2 is 1.00 bits per heavy atom. The summed E-state index contributed by atoms with van der Waals surface area (Å²) in [6.45, 7) is 15.5. The largest absolute Gasteiger partial charge is 0.503 e. The summed E-state index contributed by atoms with van der Waals surface area (Å²) in [6.07, 6.45) is 1.90. The van der Waals surface area contributed by atoms with E-state index in [1.165, 1.54) is 28.8 Å². The van der Waals surface area contributed by atoms with E-state index in [1.54, 1.807) is 0 Å².